The number of benzene rings is 1. The maximum absolute atomic E-state index is 13.8. The Bertz CT molecular complexity index is 412. The summed E-state index contributed by atoms with van der Waals surface area (Å²) >= 11 is 0. The van der Waals surface area contributed by atoms with Gasteiger partial charge in [-0.05, 0) is 25.5 Å². The van der Waals surface area contributed by atoms with Gasteiger partial charge in [0.1, 0.15) is 5.82 Å². The molecular weight excluding hydrogens is 241 g/mol. The highest BCUT2D eigenvalue weighted by Crippen LogP contribution is 2.15. The summed E-state index contributed by atoms with van der Waals surface area (Å²) in [5, 5.41) is 0. The fraction of sp³-hybridized carbons (Fsp3) is 0.600. The Morgan fingerprint density at radius 2 is 1.89 bits per heavy atom. The van der Waals surface area contributed by atoms with Gasteiger partial charge in [-0.15, -0.1) is 0 Å². The van der Waals surface area contributed by atoms with E-state index in [4.69, 9.17) is 5.73 Å². The van der Waals surface area contributed by atoms with Gasteiger partial charge in [0, 0.05) is 50.9 Å². The zero-order valence-electron chi connectivity index (χ0n) is 11.9. The summed E-state index contributed by atoms with van der Waals surface area (Å²) in [6.07, 6.45) is 0. The fourth-order valence-corrected chi connectivity index (χ4v) is 2.55. The highest BCUT2D eigenvalue weighted by molar-refractivity contribution is 5.25. The minimum absolute atomic E-state index is 0.122. The van der Waals surface area contributed by atoms with Gasteiger partial charge >= 0.3 is 0 Å². The van der Waals surface area contributed by atoms with Gasteiger partial charge in [0.2, 0.25) is 0 Å². The number of rotatable bonds is 4. The molecule has 0 atom stereocenters. The number of nitrogens with two attached hydrogens (primary N) is 1. The van der Waals surface area contributed by atoms with E-state index < -0.39 is 0 Å². The van der Waals surface area contributed by atoms with Crippen LogP contribution in [0.5, 0.6) is 0 Å². The third kappa shape index (κ3) is 3.75. The van der Waals surface area contributed by atoms with Crippen LogP contribution in [0.25, 0.3) is 0 Å². The predicted octanol–water partition coefficient (Wildman–Crippen LogP) is 1.81. The van der Waals surface area contributed by atoms with Crippen molar-refractivity contribution < 1.29 is 4.39 Å². The first-order valence-electron chi connectivity index (χ1n) is 7.04. The van der Waals surface area contributed by atoms with Crippen LogP contribution in [0.1, 0.15) is 25.0 Å². The smallest absolute Gasteiger partial charge is 0.127 e. The summed E-state index contributed by atoms with van der Waals surface area (Å²) in [6, 6.07) is 5.78. The second kappa shape index (κ2) is 6.46. The number of halogens is 1. The molecule has 0 bridgehead atoms. The molecule has 0 unspecified atom stereocenters. The summed E-state index contributed by atoms with van der Waals surface area (Å²) in [6.45, 7) is 9.74. The van der Waals surface area contributed by atoms with Crippen molar-refractivity contribution >= 4 is 0 Å². The van der Waals surface area contributed by atoms with Crippen LogP contribution >= 0.6 is 0 Å². The Balaban J connectivity index is 1.95. The van der Waals surface area contributed by atoms with E-state index in [0.29, 0.717) is 19.1 Å². The topological polar surface area (TPSA) is 32.5 Å². The molecular formula is C15H24FN3. The summed E-state index contributed by atoms with van der Waals surface area (Å²) in [7, 11) is 0. The zero-order chi connectivity index (χ0) is 13.8. The molecule has 2 N–H and O–H groups in total. The maximum Gasteiger partial charge on any atom is 0.127 e. The van der Waals surface area contributed by atoms with Crippen molar-refractivity contribution in [2.24, 2.45) is 5.73 Å². The van der Waals surface area contributed by atoms with E-state index >= 15 is 0 Å². The van der Waals surface area contributed by atoms with Crippen molar-refractivity contribution in [3.63, 3.8) is 0 Å². The maximum atomic E-state index is 13.8. The summed E-state index contributed by atoms with van der Waals surface area (Å²) in [4.78, 5) is 4.78. The van der Waals surface area contributed by atoms with Crippen molar-refractivity contribution in [3.8, 4) is 0 Å². The molecule has 106 valence electrons. The van der Waals surface area contributed by atoms with Crippen molar-refractivity contribution in [1.82, 2.24) is 9.80 Å². The molecule has 4 heteroatoms. The van der Waals surface area contributed by atoms with E-state index in [9.17, 15) is 4.39 Å². The molecule has 1 aliphatic heterocycles. The van der Waals surface area contributed by atoms with Crippen LogP contribution in [-0.2, 0) is 13.1 Å². The van der Waals surface area contributed by atoms with Gasteiger partial charge in [-0.1, -0.05) is 12.1 Å². The lowest BCUT2D eigenvalue weighted by Crippen LogP contribution is -2.48. The number of nitrogens with zero attached hydrogens (tertiary/aromatic N) is 2. The molecule has 1 aromatic rings. The summed E-state index contributed by atoms with van der Waals surface area (Å²) < 4.78 is 13.8. The van der Waals surface area contributed by atoms with Crippen molar-refractivity contribution in [2.75, 3.05) is 26.2 Å². The Morgan fingerprint density at radius 1 is 1.21 bits per heavy atom. The van der Waals surface area contributed by atoms with Crippen molar-refractivity contribution in [2.45, 2.75) is 33.0 Å². The molecule has 1 heterocycles. The third-order valence-corrected chi connectivity index (χ3v) is 3.88. The van der Waals surface area contributed by atoms with Gasteiger partial charge in [-0.2, -0.15) is 0 Å². The third-order valence-electron chi connectivity index (χ3n) is 3.88. The van der Waals surface area contributed by atoms with E-state index in [1.807, 2.05) is 6.07 Å². The quantitative estimate of drug-likeness (QED) is 0.901. The second-order valence-corrected chi connectivity index (χ2v) is 5.54. The molecule has 0 aromatic heterocycles. The van der Waals surface area contributed by atoms with Gasteiger partial charge in [0.15, 0.2) is 0 Å². The number of hydrogen-bond donors (Lipinski definition) is 1. The van der Waals surface area contributed by atoms with Gasteiger partial charge < -0.3 is 5.73 Å². The molecule has 19 heavy (non-hydrogen) atoms. The molecule has 1 fully saturated rings. The first-order valence-corrected chi connectivity index (χ1v) is 7.04. The lowest BCUT2D eigenvalue weighted by Gasteiger charge is -2.37. The first kappa shape index (κ1) is 14.4. The first-order chi connectivity index (χ1) is 9.10. The lowest BCUT2D eigenvalue weighted by atomic mass is 10.1. The monoisotopic (exact) mass is 265 g/mol. The highest BCUT2D eigenvalue weighted by Gasteiger charge is 2.19. The average Bonchev–Trinajstić information content (AvgIpc) is 2.42. The molecule has 1 aliphatic rings. The van der Waals surface area contributed by atoms with Crippen LogP contribution in [0.15, 0.2) is 18.2 Å². The second-order valence-electron chi connectivity index (χ2n) is 5.54. The van der Waals surface area contributed by atoms with Crippen LogP contribution in [0.4, 0.5) is 4.39 Å². The molecule has 3 nitrogen and oxygen atoms in total. The standard InChI is InChI=1S/C15H24FN3/c1-12(2)19-7-5-18(6-8-19)11-14-9-13(10-17)3-4-15(14)16/h3-4,9,12H,5-8,10-11,17H2,1-2H3. The van der Waals surface area contributed by atoms with E-state index in [-0.39, 0.29) is 5.82 Å². The van der Waals surface area contributed by atoms with Crippen molar-refractivity contribution in [1.29, 1.82) is 0 Å². The van der Waals surface area contributed by atoms with E-state index in [1.54, 1.807) is 6.07 Å². The molecule has 2 rings (SSSR count). The molecule has 0 amide bonds. The van der Waals surface area contributed by atoms with Gasteiger partial charge in [-0.3, -0.25) is 9.80 Å². The van der Waals surface area contributed by atoms with Crippen LogP contribution < -0.4 is 5.73 Å². The predicted molar refractivity (Wildman–Crippen MR) is 76.3 cm³/mol. The van der Waals surface area contributed by atoms with E-state index in [0.717, 1.165) is 37.3 Å². The Hall–Kier alpha value is -0.970. The zero-order valence-corrected chi connectivity index (χ0v) is 11.9. The van der Waals surface area contributed by atoms with Gasteiger partial charge in [0.05, 0.1) is 0 Å². The molecule has 1 aromatic carbocycles. The van der Waals surface area contributed by atoms with E-state index in [2.05, 4.69) is 23.6 Å². The highest BCUT2D eigenvalue weighted by atomic mass is 19.1. The molecule has 1 saturated heterocycles. The summed E-state index contributed by atoms with van der Waals surface area (Å²) in [5.74, 6) is -0.122. The van der Waals surface area contributed by atoms with Crippen LogP contribution in [0, 0.1) is 5.82 Å². The minimum atomic E-state index is -0.122. The Labute approximate surface area is 115 Å². The van der Waals surface area contributed by atoms with Gasteiger partial charge in [-0.25, -0.2) is 4.39 Å². The summed E-state index contributed by atoms with van der Waals surface area (Å²) in [5.41, 5.74) is 7.37. The van der Waals surface area contributed by atoms with Crippen LogP contribution in [-0.4, -0.2) is 42.0 Å². The van der Waals surface area contributed by atoms with E-state index in [1.165, 1.54) is 6.07 Å². The number of hydrogen-bond acceptors (Lipinski definition) is 3. The van der Waals surface area contributed by atoms with Crippen LogP contribution in [0.2, 0.25) is 0 Å². The lowest BCUT2D eigenvalue weighted by molar-refractivity contribution is 0.103. The minimum Gasteiger partial charge on any atom is -0.326 e. The Morgan fingerprint density at radius 3 is 2.47 bits per heavy atom. The number of piperazine rings is 1. The largest absolute Gasteiger partial charge is 0.326 e. The normalized spacial score (nSPS) is 18.2. The van der Waals surface area contributed by atoms with Crippen molar-refractivity contribution in [3.05, 3.63) is 35.1 Å². The van der Waals surface area contributed by atoms with Gasteiger partial charge in [0.25, 0.3) is 0 Å². The molecule has 0 spiro atoms. The molecule has 0 saturated carbocycles. The average molecular weight is 265 g/mol. The van der Waals surface area contributed by atoms with Crippen LogP contribution in [0.3, 0.4) is 0 Å². The Kier molecular flexibility index (Phi) is 4.91. The fourth-order valence-electron chi connectivity index (χ4n) is 2.55. The molecule has 0 radical (unpaired) electrons. The molecule has 0 aliphatic carbocycles. The SMILES string of the molecule is CC(C)N1CCN(Cc2cc(CN)ccc2F)CC1.